The zero-order chi connectivity index (χ0) is 16.8. The average Bonchev–Trinajstić information content (AvgIpc) is 3.01. The number of nitrogen functional groups attached to an aromatic ring is 1. The van der Waals surface area contributed by atoms with Crippen LogP contribution in [0.3, 0.4) is 0 Å². The van der Waals surface area contributed by atoms with E-state index in [1.165, 1.54) is 12.7 Å². The molecule has 1 saturated heterocycles. The van der Waals surface area contributed by atoms with E-state index >= 15 is 0 Å². The van der Waals surface area contributed by atoms with Gasteiger partial charge in [-0.2, -0.15) is 0 Å². The summed E-state index contributed by atoms with van der Waals surface area (Å²) in [5.41, 5.74) is 6.63. The van der Waals surface area contributed by atoms with Crippen LogP contribution in [0.1, 0.15) is 6.23 Å². The number of ether oxygens (including phenoxy) is 1. The van der Waals surface area contributed by atoms with E-state index in [2.05, 4.69) is 15.0 Å². The quantitative estimate of drug-likeness (QED) is 0.658. The molecule has 4 N–H and O–H groups in total. The van der Waals surface area contributed by atoms with Crippen molar-refractivity contribution < 1.29 is 19.4 Å². The molecule has 1 aliphatic rings. The van der Waals surface area contributed by atoms with Crippen molar-refractivity contribution in [3.8, 4) is 0 Å². The topological polar surface area (TPSA) is 129 Å². The molecular weight excluding hydrogens is 318 g/mol. The summed E-state index contributed by atoms with van der Waals surface area (Å²) in [6, 6.07) is 0. The third-order valence-electron chi connectivity index (χ3n) is 3.68. The van der Waals surface area contributed by atoms with Crippen molar-refractivity contribution in [1.82, 2.24) is 19.5 Å². The lowest BCUT2D eigenvalue weighted by Crippen LogP contribution is -2.37. The van der Waals surface area contributed by atoms with Gasteiger partial charge >= 0.3 is 0 Å². The van der Waals surface area contributed by atoms with Gasteiger partial charge in [-0.05, 0) is 19.6 Å². The first kappa shape index (κ1) is 16.3. The maximum atomic E-state index is 10.3. The number of hydrogen-bond donors (Lipinski definition) is 3. The van der Waals surface area contributed by atoms with Crippen LogP contribution in [-0.4, -0.2) is 63.0 Å². The third kappa shape index (κ3) is 3.08. The van der Waals surface area contributed by atoms with Crippen LogP contribution in [-0.2, 0) is 9.16 Å². The first-order valence-electron chi connectivity index (χ1n) is 7.36. The Balaban J connectivity index is 1.84. The Bertz CT molecular complexity index is 703. The second-order valence-corrected chi connectivity index (χ2v) is 11.1. The van der Waals surface area contributed by atoms with Crippen molar-refractivity contribution in [3.63, 3.8) is 0 Å². The van der Waals surface area contributed by atoms with E-state index in [9.17, 15) is 10.2 Å². The molecule has 0 aliphatic carbocycles. The van der Waals surface area contributed by atoms with Gasteiger partial charge < -0.3 is 25.1 Å². The van der Waals surface area contributed by atoms with E-state index in [0.29, 0.717) is 11.2 Å². The fraction of sp³-hybridized carbons (Fsp3) is 0.615. The Labute approximate surface area is 134 Å². The maximum Gasteiger partial charge on any atom is 0.183 e. The summed E-state index contributed by atoms with van der Waals surface area (Å²) >= 11 is 0. The van der Waals surface area contributed by atoms with Crippen molar-refractivity contribution in [2.75, 3.05) is 12.3 Å². The largest absolute Gasteiger partial charge is 0.415 e. The van der Waals surface area contributed by atoms with Gasteiger partial charge in [0, 0.05) is 0 Å². The highest BCUT2D eigenvalue weighted by Crippen LogP contribution is 2.32. The number of nitrogens with zero attached hydrogens (tertiary/aromatic N) is 4. The molecule has 4 atom stereocenters. The van der Waals surface area contributed by atoms with E-state index in [1.54, 1.807) is 4.57 Å². The molecule has 0 radical (unpaired) electrons. The number of anilines is 1. The van der Waals surface area contributed by atoms with Gasteiger partial charge in [0.1, 0.15) is 30.2 Å². The van der Waals surface area contributed by atoms with Crippen LogP contribution in [0.4, 0.5) is 5.82 Å². The van der Waals surface area contributed by atoms with Crippen LogP contribution in [0.2, 0.25) is 19.6 Å². The number of aliphatic hydroxyl groups excluding tert-OH is 2. The molecule has 0 amide bonds. The second-order valence-electron chi connectivity index (χ2n) is 6.55. The molecule has 10 heteroatoms. The van der Waals surface area contributed by atoms with Crippen LogP contribution < -0.4 is 5.73 Å². The lowest BCUT2D eigenvalue weighted by Gasteiger charge is -2.21. The summed E-state index contributed by atoms with van der Waals surface area (Å²) < 4.78 is 13.1. The Morgan fingerprint density at radius 1 is 1.26 bits per heavy atom. The van der Waals surface area contributed by atoms with Gasteiger partial charge in [0.05, 0.1) is 12.9 Å². The lowest BCUT2D eigenvalue weighted by atomic mass is 10.1. The standard InChI is InChI=1S/C13H21N5O4Si/c1-23(2,3)21-4-7-9(19)10(20)13(22-7)18-6-17-8-11(14)15-5-16-12(8)18/h5-7,9-10,13,19-20H,4H2,1-3H3,(H2,14,15,16)/t7-,9-,10+,13-/m1/s1. The molecule has 0 unspecified atom stereocenters. The average molecular weight is 339 g/mol. The zero-order valence-electron chi connectivity index (χ0n) is 13.2. The molecule has 0 aromatic carbocycles. The minimum absolute atomic E-state index is 0.230. The molecule has 2 aromatic rings. The molecule has 0 saturated carbocycles. The van der Waals surface area contributed by atoms with E-state index in [-0.39, 0.29) is 12.4 Å². The first-order valence-corrected chi connectivity index (χ1v) is 10.8. The molecule has 126 valence electrons. The second kappa shape index (κ2) is 5.80. The number of nitrogens with two attached hydrogens (primary N) is 1. The number of aliphatic hydroxyl groups is 2. The summed E-state index contributed by atoms with van der Waals surface area (Å²) in [4.78, 5) is 12.2. The Morgan fingerprint density at radius 3 is 2.70 bits per heavy atom. The van der Waals surface area contributed by atoms with E-state index in [0.717, 1.165) is 0 Å². The van der Waals surface area contributed by atoms with Crippen molar-refractivity contribution >= 4 is 25.3 Å². The van der Waals surface area contributed by atoms with Crippen molar-refractivity contribution in [2.45, 2.75) is 44.2 Å². The van der Waals surface area contributed by atoms with Crippen molar-refractivity contribution in [1.29, 1.82) is 0 Å². The van der Waals surface area contributed by atoms with Gasteiger partial charge in [0.2, 0.25) is 0 Å². The van der Waals surface area contributed by atoms with Crippen molar-refractivity contribution in [2.24, 2.45) is 0 Å². The molecule has 1 fully saturated rings. The predicted molar refractivity (Wildman–Crippen MR) is 85.0 cm³/mol. The minimum Gasteiger partial charge on any atom is -0.415 e. The van der Waals surface area contributed by atoms with Gasteiger partial charge in [-0.3, -0.25) is 4.57 Å². The molecule has 3 rings (SSSR count). The highest BCUT2D eigenvalue weighted by molar-refractivity contribution is 6.69. The highest BCUT2D eigenvalue weighted by Gasteiger charge is 2.44. The molecule has 23 heavy (non-hydrogen) atoms. The molecular formula is C13H21N5O4Si. The molecule has 3 heterocycles. The summed E-state index contributed by atoms with van der Waals surface area (Å²) in [6.07, 6.45) is -0.790. The van der Waals surface area contributed by atoms with Gasteiger partial charge in [0.25, 0.3) is 0 Å². The number of imidazole rings is 1. The summed E-state index contributed by atoms with van der Waals surface area (Å²) in [5.74, 6) is 0.250. The molecule has 9 nitrogen and oxygen atoms in total. The minimum atomic E-state index is -1.74. The molecule has 0 bridgehead atoms. The third-order valence-corrected chi connectivity index (χ3v) is 4.71. The Kier molecular flexibility index (Phi) is 4.10. The van der Waals surface area contributed by atoms with Gasteiger partial charge in [-0.1, -0.05) is 0 Å². The Morgan fingerprint density at radius 2 is 2.00 bits per heavy atom. The molecule has 1 aliphatic heterocycles. The number of hydrogen-bond acceptors (Lipinski definition) is 8. The van der Waals surface area contributed by atoms with Crippen LogP contribution in [0.25, 0.3) is 11.2 Å². The summed E-state index contributed by atoms with van der Waals surface area (Å²) in [7, 11) is -1.74. The van der Waals surface area contributed by atoms with E-state index in [4.69, 9.17) is 14.9 Å². The normalized spacial score (nSPS) is 28.6. The van der Waals surface area contributed by atoms with Gasteiger partial charge in [-0.15, -0.1) is 0 Å². The molecule has 2 aromatic heterocycles. The predicted octanol–water partition coefficient (Wildman–Crippen LogP) is -0.121. The fourth-order valence-electron chi connectivity index (χ4n) is 2.49. The summed E-state index contributed by atoms with van der Waals surface area (Å²) in [5, 5.41) is 20.5. The fourth-order valence-corrected chi connectivity index (χ4v) is 3.15. The number of aromatic nitrogens is 4. The lowest BCUT2D eigenvalue weighted by molar-refractivity contribution is -0.0484. The van der Waals surface area contributed by atoms with E-state index in [1.807, 2.05) is 19.6 Å². The van der Waals surface area contributed by atoms with Crippen molar-refractivity contribution in [3.05, 3.63) is 12.7 Å². The van der Waals surface area contributed by atoms with Crippen LogP contribution in [0.5, 0.6) is 0 Å². The zero-order valence-corrected chi connectivity index (χ0v) is 14.2. The monoisotopic (exact) mass is 339 g/mol. The molecule has 0 spiro atoms. The Hall–Kier alpha value is -1.59. The van der Waals surface area contributed by atoms with Gasteiger partial charge in [0.15, 0.2) is 26.0 Å². The maximum absolute atomic E-state index is 10.3. The van der Waals surface area contributed by atoms with Crippen LogP contribution in [0.15, 0.2) is 12.7 Å². The smallest absolute Gasteiger partial charge is 0.183 e. The van der Waals surface area contributed by atoms with E-state index < -0.39 is 32.9 Å². The van der Waals surface area contributed by atoms with Crippen LogP contribution in [0, 0.1) is 0 Å². The number of fused-ring (bicyclic) bond motifs is 1. The first-order chi connectivity index (χ1) is 10.8. The summed E-state index contributed by atoms with van der Waals surface area (Å²) in [6.45, 7) is 6.37. The highest BCUT2D eigenvalue weighted by atomic mass is 28.4. The number of rotatable bonds is 4. The SMILES string of the molecule is C[Si](C)(C)OC[C@H]1O[C@@H](n2cnc3c(N)ncnc32)[C@@H](O)[C@@H]1O. The van der Waals surface area contributed by atoms with Gasteiger partial charge in [-0.25, -0.2) is 15.0 Å². The van der Waals surface area contributed by atoms with Crippen LogP contribution >= 0.6 is 0 Å².